The van der Waals surface area contributed by atoms with Gasteiger partial charge in [-0.1, -0.05) is 36.4 Å². The van der Waals surface area contributed by atoms with Gasteiger partial charge >= 0.3 is 12.3 Å². The van der Waals surface area contributed by atoms with E-state index >= 15 is 0 Å². The van der Waals surface area contributed by atoms with Gasteiger partial charge < -0.3 is 15.4 Å². The van der Waals surface area contributed by atoms with E-state index in [9.17, 15) is 22.8 Å². The molecule has 8 heteroatoms. The zero-order chi connectivity index (χ0) is 23.6. The van der Waals surface area contributed by atoms with E-state index < -0.39 is 17.8 Å². The Morgan fingerprint density at radius 1 is 0.939 bits per heavy atom. The van der Waals surface area contributed by atoms with Crippen LogP contribution in [0.15, 0.2) is 66.7 Å². The summed E-state index contributed by atoms with van der Waals surface area (Å²) in [7, 11) is 1.31. The van der Waals surface area contributed by atoms with Crippen molar-refractivity contribution in [1.29, 1.82) is 0 Å². The molecule has 2 N–H and O–H groups in total. The topological polar surface area (TPSA) is 67.4 Å². The number of nitrogens with one attached hydrogen (secondary N) is 2. The molecule has 33 heavy (non-hydrogen) atoms. The Morgan fingerprint density at radius 3 is 2.33 bits per heavy atom. The molecule has 1 aliphatic carbocycles. The first-order valence-electron chi connectivity index (χ1n) is 10.3. The summed E-state index contributed by atoms with van der Waals surface area (Å²) in [6.07, 6.45) is -3.61. The van der Waals surface area contributed by atoms with Gasteiger partial charge in [-0.2, -0.15) is 13.2 Å². The summed E-state index contributed by atoms with van der Waals surface area (Å²) < 4.78 is 43.3. The van der Waals surface area contributed by atoms with Gasteiger partial charge in [-0.15, -0.1) is 0 Å². The van der Waals surface area contributed by atoms with Crippen LogP contribution in [0.3, 0.4) is 0 Å². The lowest BCUT2D eigenvalue weighted by atomic mass is 9.98. The molecule has 0 unspecified atom stereocenters. The molecule has 0 aromatic heterocycles. The summed E-state index contributed by atoms with van der Waals surface area (Å²) in [6, 6.07) is 17.0. The number of carbonyl (C=O) groups is 2. The largest absolute Gasteiger partial charge is 0.453 e. The number of methoxy groups -OCH3 is 1. The van der Waals surface area contributed by atoms with Gasteiger partial charge in [0.2, 0.25) is 0 Å². The predicted octanol–water partition coefficient (Wildman–Crippen LogP) is 5.45. The van der Waals surface area contributed by atoms with Crippen molar-refractivity contribution in [3.05, 3.63) is 89.0 Å². The summed E-state index contributed by atoms with van der Waals surface area (Å²) in [6.45, 7) is 0. The van der Waals surface area contributed by atoms with Crippen LogP contribution in [0, 0.1) is 0 Å². The normalized spacial score (nSPS) is 15.0. The molecule has 2 amide bonds. The SMILES string of the molecule is COC(=O)N[C@@H]1Cc2ccc(NC(=O)c3ccccc3-c3ccc(C(F)(F)F)cc3)cc2C1. The van der Waals surface area contributed by atoms with E-state index in [2.05, 4.69) is 15.4 Å². The Balaban J connectivity index is 1.52. The number of rotatable bonds is 4. The van der Waals surface area contributed by atoms with Crippen LogP contribution in [-0.2, 0) is 23.8 Å². The molecule has 0 heterocycles. The average molecular weight is 454 g/mol. The van der Waals surface area contributed by atoms with Crippen LogP contribution < -0.4 is 10.6 Å². The van der Waals surface area contributed by atoms with Gasteiger partial charge in [0, 0.05) is 17.3 Å². The smallest absolute Gasteiger partial charge is 0.416 e. The highest BCUT2D eigenvalue weighted by Gasteiger charge is 2.30. The molecular formula is C25H21F3N2O3. The van der Waals surface area contributed by atoms with Crippen molar-refractivity contribution in [3.63, 3.8) is 0 Å². The molecule has 0 bridgehead atoms. The quantitative estimate of drug-likeness (QED) is 0.551. The predicted molar refractivity (Wildman–Crippen MR) is 118 cm³/mol. The maximum absolute atomic E-state index is 13.0. The maximum Gasteiger partial charge on any atom is 0.416 e. The molecular weight excluding hydrogens is 433 g/mol. The van der Waals surface area contributed by atoms with Gasteiger partial charge in [0.05, 0.1) is 12.7 Å². The lowest BCUT2D eigenvalue weighted by Crippen LogP contribution is -2.35. The van der Waals surface area contributed by atoms with Crippen molar-refractivity contribution >= 4 is 17.7 Å². The van der Waals surface area contributed by atoms with Gasteiger partial charge in [-0.25, -0.2) is 4.79 Å². The van der Waals surface area contributed by atoms with Gasteiger partial charge in [0.15, 0.2) is 0 Å². The number of hydrogen-bond donors (Lipinski definition) is 2. The summed E-state index contributed by atoms with van der Waals surface area (Å²) >= 11 is 0. The fraction of sp³-hybridized carbons (Fsp3) is 0.200. The standard InChI is InChI=1S/C25H21F3N2O3/c1-33-24(32)30-20-12-16-8-11-19(13-17(16)14-20)29-23(31)22-5-3-2-4-21(22)15-6-9-18(10-7-15)25(26,27)28/h2-11,13,20H,12,14H2,1H3,(H,29,31)(H,30,32)/t20-/m1/s1. The van der Waals surface area contributed by atoms with Gasteiger partial charge in [0.1, 0.15) is 0 Å². The van der Waals surface area contributed by atoms with E-state index in [-0.39, 0.29) is 11.9 Å². The van der Waals surface area contributed by atoms with Gasteiger partial charge in [-0.05, 0) is 65.4 Å². The first-order chi connectivity index (χ1) is 15.7. The Hall–Kier alpha value is -3.81. The van der Waals surface area contributed by atoms with Crippen LogP contribution in [0.4, 0.5) is 23.7 Å². The number of amides is 2. The molecule has 170 valence electrons. The lowest BCUT2D eigenvalue weighted by Gasteiger charge is -2.12. The van der Waals surface area contributed by atoms with Gasteiger partial charge in [-0.3, -0.25) is 4.79 Å². The van der Waals surface area contributed by atoms with Crippen LogP contribution in [0.1, 0.15) is 27.0 Å². The maximum atomic E-state index is 13.0. The number of fused-ring (bicyclic) bond motifs is 1. The first-order valence-corrected chi connectivity index (χ1v) is 10.3. The van der Waals surface area contributed by atoms with Crippen molar-refractivity contribution < 1.29 is 27.5 Å². The van der Waals surface area contributed by atoms with Crippen LogP contribution in [-0.4, -0.2) is 25.2 Å². The Bertz CT molecular complexity index is 1190. The summed E-state index contributed by atoms with van der Waals surface area (Å²) in [5.74, 6) is -0.368. The number of carbonyl (C=O) groups excluding carboxylic acids is 2. The second-order valence-corrected chi connectivity index (χ2v) is 7.80. The van der Waals surface area contributed by atoms with Crippen LogP contribution >= 0.6 is 0 Å². The molecule has 0 aliphatic heterocycles. The minimum atomic E-state index is -4.42. The molecule has 1 atom stereocenters. The molecule has 0 saturated heterocycles. The highest BCUT2D eigenvalue weighted by Crippen LogP contribution is 2.32. The molecule has 0 saturated carbocycles. The monoisotopic (exact) mass is 454 g/mol. The van der Waals surface area contributed by atoms with Crippen molar-refractivity contribution in [1.82, 2.24) is 5.32 Å². The Labute approximate surface area is 188 Å². The van der Waals surface area contributed by atoms with Crippen molar-refractivity contribution in [2.24, 2.45) is 0 Å². The summed E-state index contributed by atoms with van der Waals surface area (Å²) in [4.78, 5) is 24.5. The second-order valence-electron chi connectivity index (χ2n) is 7.80. The number of alkyl carbamates (subject to hydrolysis) is 1. The zero-order valence-electron chi connectivity index (χ0n) is 17.7. The van der Waals surface area contributed by atoms with E-state index in [1.165, 1.54) is 19.2 Å². The van der Waals surface area contributed by atoms with E-state index in [0.29, 0.717) is 35.2 Å². The second kappa shape index (κ2) is 8.97. The molecule has 3 aromatic carbocycles. The van der Waals surface area contributed by atoms with Crippen molar-refractivity contribution in [2.75, 3.05) is 12.4 Å². The van der Waals surface area contributed by atoms with Crippen LogP contribution in [0.25, 0.3) is 11.1 Å². The number of alkyl halides is 3. The number of anilines is 1. The molecule has 4 rings (SSSR count). The third kappa shape index (κ3) is 5.00. The van der Waals surface area contributed by atoms with E-state index in [0.717, 1.165) is 23.3 Å². The summed E-state index contributed by atoms with van der Waals surface area (Å²) in [5.41, 5.74) is 3.35. The highest BCUT2D eigenvalue weighted by molar-refractivity contribution is 6.08. The van der Waals surface area contributed by atoms with Crippen LogP contribution in [0.2, 0.25) is 0 Å². The molecule has 1 aliphatic rings. The van der Waals surface area contributed by atoms with Crippen LogP contribution in [0.5, 0.6) is 0 Å². The van der Waals surface area contributed by atoms with Crippen molar-refractivity contribution in [2.45, 2.75) is 25.1 Å². The van der Waals surface area contributed by atoms with E-state index in [1.54, 1.807) is 30.3 Å². The average Bonchev–Trinajstić information content (AvgIpc) is 3.20. The molecule has 0 radical (unpaired) electrons. The molecule has 5 nitrogen and oxygen atoms in total. The number of hydrogen-bond acceptors (Lipinski definition) is 3. The highest BCUT2D eigenvalue weighted by atomic mass is 19.4. The fourth-order valence-corrected chi connectivity index (χ4v) is 3.99. The third-order valence-electron chi connectivity index (χ3n) is 5.60. The molecule has 0 fully saturated rings. The first kappa shape index (κ1) is 22.4. The third-order valence-corrected chi connectivity index (χ3v) is 5.60. The Kier molecular flexibility index (Phi) is 6.09. The van der Waals surface area contributed by atoms with E-state index in [1.807, 2.05) is 12.1 Å². The number of ether oxygens (including phenoxy) is 1. The Morgan fingerprint density at radius 2 is 1.64 bits per heavy atom. The molecule has 3 aromatic rings. The minimum Gasteiger partial charge on any atom is -0.453 e. The molecule has 0 spiro atoms. The zero-order valence-corrected chi connectivity index (χ0v) is 17.7. The minimum absolute atomic E-state index is 0.0706. The fourth-order valence-electron chi connectivity index (χ4n) is 3.99. The van der Waals surface area contributed by atoms with E-state index in [4.69, 9.17) is 0 Å². The number of halogens is 3. The van der Waals surface area contributed by atoms with Gasteiger partial charge in [0.25, 0.3) is 5.91 Å². The van der Waals surface area contributed by atoms with Crippen molar-refractivity contribution in [3.8, 4) is 11.1 Å². The lowest BCUT2D eigenvalue weighted by molar-refractivity contribution is -0.137. The summed E-state index contributed by atoms with van der Waals surface area (Å²) in [5, 5.41) is 5.65. The number of benzene rings is 3.